The molecule has 9 heteroatoms. The van der Waals surface area contributed by atoms with Gasteiger partial charge in [-0.1, -0.05) is 24.3 Å². The molecule has 178 valence electrons. The van der Waals surface area contributed by atoms with Gasteiger partial charge < -0.3 is 5.32 Å². The molecule has 1 atom stereocenters. The van der Waals surface area contributed by atoms with Crippen molar-refractivity contribution < 1.29 is 23.2 Å². The third kappa shape index (κ3) is 3.67. The van der Waals surface area contributed by atoms with Gasteiger partial charge in [0.05, 0.1) is 11.4 Å². The van der Waals surface area contributed by atoms with Crippen molar-refractivity contribution in [1.29, 1.82) is 0 Å². The second kappa shape index (κ2) is 8.49. The highest BCUT2D eigenvalue weighted by Gasteiger charge is 2.61. The summed E-state index contributed by atoms with van der Waals surface area (Å²) >= 11 is 1.10. The van der Waals surface area contributed by atoms with Gasteiger partial charge in [0, 0.05) is 23.0 Å². The highest BCUT2D eigenvalue weighted by molar-refractivity contribution is 8.02. The van der Waals surface area contributed by atoms with Gasteiger partial charge in [-0.2, -0.15) is 0 Å². The summed E-state index contributed by atoms with van der Waals surface area (Å²) in [7, 11) is 0. The molecule has 6 nitrogen and oxygen atoms in total. The Morgan fingerprint density at radius 2 is 1.77 bits per heavy atom. The van der Waals surface area contributed by atoms with Crippen LogP contribution in [0, 0.1) is 25.5 Å². The Morgan fingerprint density at radius 1 is 1.00 bits per heavy atom. The van der Waals surface area contributed by atoms with Gasteiger partial charge in [-0.15, -0.1) is 11.8 Å². The van der Waals surface area contributed by atoms with E-state index in [0.29, 0.717) is 16.9 Å². The molecule has 1 spiro atoms. The van der Waals surface area contributed by atoms with Crippen molar-refractivity contribution in [3.63, 3.8) is 0 Å². The van der Waals surface area contributed by atoms with E-state index in [1.165, 1.54) is 15.9 Å². The maximum atomic E-state index is 14.1. The van der Waals surface area contributed by atoms with Gasteiger partial charge >= 0.3 is 0 Å². The zero-order valence-corrected chi connectivity index (χ0v) is 19.8. The molecule has 0 radical (unpaired) electrons. The normalized spacial score (nSPS) is 19.0. The average Bonchev–Trinajstić information content (AvgIpc) is 3.29. The third-order valence-corrected chi connectivity index (χ3v) is 7.70. The van der Waals surface area contributed by atoms with Crippen LogP contribution >= 0.6 is 11.8 Å². The van der Waals surface area contributed by atoms with Crippen LogP contribution in [0.3, 0.4) is 0 Å². The summed E-state index contributed by atoms with van der Waals surface area (Å²) in [6.45, 7) is 3.64. The molecule has 0 bridgehead atoms. The number of aryl methyl sites for hydroxylation is 2. The van der Waals surface area contributed by atoms with E-state index in [2.05, 4.69) is 5.32 Å². The summed E-state index contributed by atoms with van der Waals surface area (Å²) < 4.78 is 27.7. The molecule has 1 fully saturated rings. The Bertz CT molecular complexity index is 1400. The van der Waals surface area contributed by atoms with Gasteiger partial charge in [-0.3, -0.25) is 24.2 Å². The summed E-state index contributed by atoms with van der Waals surface area (Å²) in [5, 5.41) is 2.82. The van der Waals surface area contributed by atoms with Crippen molar-refractivity contribution in [2.24, 2.45) is 0 Å². The van der Waals surface area contributed by atoms with Crippen LogP contribution < -0.4 is 15.1 Å². The van der Waals surface area contributed by atoms with Crippen LogP contribution in [0.25, 0.3) is 0 Å². The largest absolute Gasteiger partial charge is 0.325 e. The zero-order valence-electron chi connectivity index (χ0n) is 19.0. The topological polar surface area (TPSA) is 69.7 Å². The molecule has 0 aliphatic carbocycles. The fraction of sp³-hybridized carbons (Fsp3) is 0.192. The summed E-state index contributed by atoms with van der Waals surface area (Å²) in [5.74, 6) is -3.50. The minimum absolute atomic E-state index is 0.0260. The van der Waals surface area contributed by atoms with Crippen molar-refractivity contribution >= 4 is 46.5 Å². The van der Waals surface area contributed by atoms with E-state index in [1.54, 1.807) is 30.3 Å². The Morgan fingerprint density at radius 3 is 2.51 bits per heavy atom. The number of anilines is 3. The van der Waals surface area contributed by atoms with Crippen LogP contribution in [0.1, 0.15) is 16.7 Å². The Hall–Kier alpha value is -3.72. The molecule has 5 rings (SSSR count). The molecule has 2 aliphatic heterocycles. The first-order valence-corrected chi connectivity index (χ1v) is 11.9. The lowest BCUT2D eigenvalue weighted by atomic mass is 10.0. The van der Waals surface area contributed by atoms with Crippen LogP contribution in [0.2, 0.25) is 0 Å². The molecule has 1 saturated heterocycles. The minimum Gasteiger partial charge on any atom is -0.325 e. The van der Waals surface area contributed by atoms with E-state index in [1.807, 2.05) is 26.0 Å². The fourth-order valence-electron chi connectivity index (χ4n) is 4.50. The van der Waals surface area contributed by atoms with E-state index >= 15 is 0 Å². The fourth-order valence-corrected chi connectivity index (χ4v) is 5.86. The maximum Gasteiger partial charge on any atom is 0.269 e. The van der Waals surface area contributed by atoms with Crippen molar-refractivity contribution in [2.75, 3.05) is 27.4 Å². The van der Waals surface area contributed by atoms with Gasteiger partial charge in [0.15, 0.2) is 11.6 Å². The van der Waals surface area contributed by atoms with E-state index < -0.39 is 34.2 Å². The number of hydrogen-bond acceptors (Lipinski definition) is 4. The smallest absolute Gasteiger partial charge is 0.269 e. The van der Waals surface area contributed by atoms with Gasteiger partial charge in [0.1, 0.15) is 6.54 Å². The first-order valence-electron chi connectivity index (χ1n) is 10.9. The number of nitrogens with zero attached hydrogens (tertiary/aromatic N) is 2. The molecule has 3 amide bonds. The number of benzene rings is 3. The van der Waals surface area contributed by atoms with Crippen LogP contribution in [0.15, 0.2) is 60.7 Å². The standard InChI is InChI=1S/C26H21F2N3O3S/c1-15-7-8-17(11-16(15)2)29-23(32)13-30-22-6-4-3-5-19(22)26(25(30)34)31(24(33)14-35-26)18-9-10-20(27)21(28)12-18/h3-12H,13-14H2,1-2H3,(H,29,32)/t26-/m1/s1. The lowest BCUT2D eigenvalue weighted by Gasteiger charge is -2.33. The van der Waals surface area contributed by atoms with Crippen molar-refractivity contribution in [3.8, 4) is 0 Å². The summed E-state index contributed by atoms with van der Waals surface area (Å²) in [4.78, 5) is 40.8. The van der Waals surface area contributed by atoms with Crippen molar-refractivity contribution in [3.05, 3.63) is 89.0 Å². The predicted octanol–water partition coefficient (Wildman–Crippen LogP) is 4.50. The SMILES string of the molecule is Cc1ccc(NC(=O)CN2C(=O)[C@]3(SCC(=O)N3c3ccc(F)c(F)c3)c3ccccc32)cc1C. The van der Waals surface area contributed by atoms with Crippen LogP contribution in [0.4, 0.5) is 25.8 Å². The monoisotopic (exact) mass is 493 g/mol. The van der Waals surface area contributed by atoms with Gasteiger partial charge in [-0.25, -0.2) is 8.78 Å². The van der Waals surface area contributed by atoms with Gasteiger partial charge in [0.25, 0.3) is 5.91 Å². The first-order chi connectivity index (χ1) is 16.7. The number of hydrogen-bond donors (Lipinski definition) is 1. The number of thioether (sulfide) groups is 1. The quantitative estimate of drug-likeness (QED) is 0.581. The van der Waals surface area contributed by atoms with E-state index in [4.69, 9.17) is 0 Å². The highest BCUT2D eigenvalue weighted by Crippen LogP contribution is 2.55. The lowest BCUT2D eigenvalue weighted by molar-refractivity contribution is -0.124. The van der Waals surface area contributed by atoms with E-state index in [0.717, 1.165) is 35.0 Å². The molecule has 3 aromatic carbocycles. The number of fused-ring (bicyclic) bond motifs is 2. The van der Waals surface area contributed by atoms with Crippen LogP contribution in [-0.2, 0) is 19.3 Å². The average molecular weight is 494 g/mol. The summed E-state index contributed by atoms with van der Waals surface area (Å²) in [6, 6.07) is 15.5. The molecule has 2 aliphatic rings. The minimum atomic E-state index is -1.52. The third-order valence-electron chi connectivity index (χ3n) is 6.32. The number of carbonyl (C=O) groups is 3. The Labute approximate surface area is 204 Å². The van der Waals surface area contributed by atoms with Crippen LogP contribution in [0.5, 0.6) is 0 Å². The Kier molecular flexibility index (Phi) is 5.59. The number of nitrogens with one attached hydrogen (secondary N) is 1. The molecule has 0 aromatic heterocycles. The predicted molar refractivity (Wildman–Crippen MR) is 131 cm³/mol. The number of carbonyl (C=O) groups excluding carboxylic acids is 3. The summed E-state index contributed by atoms with van der Waals surface area (Å²) in [5.41, 5.74) is 3.80. The highest BCUT2D eigenvalue weighted by atomic mass is 32.2. The second-order valence-corrected chi connectivity index (χ2v) is 9.68. The van der Waals surface area contributed by atoms with E-state index in [-0.39, 0.29) is 18.0 Å². The molecule has 2 heterocycles. The van der Waals surface area contributed by atoms with Crippen LogP contribution in [-0.4, -0.2) is 30.0 Å². The summed E-state index contributed by atoms with van der Waals surface area (Å²) in [6.07, 6.45) is 0. The number of amides is 3. The zero-order chi connectivity index (χ0) is 24.9. The Balaban J connectivity index is 1.51. The molecule has 0 unspecified atom stereocenters. The maximum absolute atomic E-state index is 14.1. The molecule has 1 N–H and O–H groups in total. The first kappa shape index (κ1) is 23.0. The lowest BCUT2D eigenvalue weighted by Crippen LogP contribution is -2.51. The molecule has 35 heavy (non-hydrogen) atoms. The molecule has 0 saturated carbocycles. The van der Waals surface area contributed by atoms with Crippen molar-refractivity contribution in [1.82, 2.24) is 0 Å². The number of para-hydroxylation sites is 1. The van der Waals surface area contributed by atoms with Crippen molar-refractivity contribution in [2.45, 2.75) is 18.7 Å². The molecule has 3 aromatic rings. The van der Waals surface area contributed by atoms with E-state index in [9.17, 15) is 23.2 Å². The molecular weight excluding hydrogens is 472 g/mol. The second-order valence-electron chi connectivity index (χ2n) is 8.52. The number of halogens is 2. The van der Waals surface area contributed by atoms with Gasteiger partial charge in [0.2, 0.25) is 16.7 Å². The molecular formula is C26H21F2N3O3S. The van der Waals surface area contributed by atoms with Gasteiger partial charge in [-0.05, 0) is 55.3 Å². The number of rotatable bonds is 4.